The van der Waals surface area contributed by atoms with Crippen LogP contribution >= 0.6 is 0 Å². The SMILES string of the molecule is O=S(=O)(c1cc(F)cc(F)c1)c1ccc2c(c1)c(/C=C/c1ccccn1)nn2C1CCCCO1. The zero-order chi connectivity index (χ0) is 23.7. The first-order valence-corrected chi connectivity index (χ1v) is 12.3. The predicted molar refractivity (Wildman–Crippen MR) is 124 cm³/mol. The molecule has 2 aromatic heterocycles. The number of rotatable bonds is 5. The topological polar surface area (TPSA) is 74.1 Å². The van der Waals surface area contributed by atoms with Gasteiger partial charge in [-0.2, -0.15) is 5.10 Å². The van der Waals surface area contributed by atoms with Crippen LogP contribution in [0.4, 0.5) is 8.78 Å². The Morgan fingerprint density at radius 3 is 2.50 bits per heavy atom. The smallest absolute Gasteiger partial charge is 0.206 e. The molecule has 0 aliphatic carbocycles. The summed E-state index contributed by atoms with van der Waals surface area (Å²) in [5.41, 5.74) is 1.97. The molecule has 34 heavy (non-hydrogen) atoms. The number of aromatic nitrogens is 3. The number of nitrogens with zero attached hydrogens (tertiary/aromatic N) is 3. The predicted octanol–water partition coefficient (Wildman–Crippen LogP) is 5.41. The molecule has 0 saturated carbocycles. The molecule has 2 aromatic carbocycles. The van der Waals surface area contributed by atoms with Crippen molar-refractivity contribution in [2.75, 3.05) is 6.61 Å². The maximum atomic E-state index is 13.7. The number of ether oxygens (including phenoxy) is 1. The quantitative estimate of drug-likeness (QED) is 0.381. The number of benzene rings is 2. The van der Waals surface area contributed by atoms with Gasteiger partial charge in [-0.05, 0) is 73.9 Å². The standard InChI is InChI=1S/C25H21F2N3O3S/c26-17-13-18(27)15-21(14-17)34(31,32)20-8-10-24-22(16-20)23(9-7-19-5-1-3-11-28-19)29-30(24)25-6-2-4-12-33-25/h1,3,5,7-11,13-16,25H,2,4,6,12H2/b9-7+. The first-order chi connectivity index (χ1) is 16.4. The van der Waals surface area contributed by atoms with Gasteiger partial charge in [-0.15, -0.1) is 0 Å². The van der Waals surface area contributed by atoms with Crippen molar-refractivity contribution < 1.29 is 21.9 Å². The largest absolute Gasteiger partial charge is 0.356 e. The average Bonchev–Trinajstić information content (AvgIpc) is 3.21. The lowest BCUT2D eigenvalue weighted by Crippen LogP contribution is -2.19. The maximum absolute atomic E-state index is 13.7. The molecular formula is C25H21F2N3O3S. The number of pyridine rings is 1. The third-order valence-corrected chi connectivity index (χ3v) is 7.42. The third-order valence-electron chi connectivity index (χ3n) is 5.69. The number of hydrogen-bond acceptors (Lipinski definition) is 5. The summed E-state index contributed by atoms with van der Waals surface area (Å²) in [6.07, 6.45) is 7.75. The molecule has 174 valence electrons. The molecule has 5 rings (SSSR count). The second-order valence-corrected chi connectivity index (χ2v) is 9.98. The van der Waals surface area contributed by atoms with Crippen molar-refractivity contribution in [2.24, 2.45) is 0 Å². The van der Waals surface area contributed by atoms with Gasteiger partial charge in [0.15, 0.2) is 6.23 Å². The number of halogens is 2. The molecule has 1 fully saturated rings. The maximum Gasteiger partial charge on any atom is 0.206 e. The molecule has 4 aromatic rings. The first-order valence-electron chi connectivity index (χ1n) is 10.9. The molecule has 1 saturated heterocycles. The van der Waals surface area contributed by atoms with Crippen LogP contribution in [0, 0.1) is 11.6 Å². The van der Waals surface area contributed by atoms with E-state index in [0.29, 0.717) is 29.3 Å². The van der Waals surface area contributed by atoms with E-state index in [0.717, 1.165) is 37.1 Å². The fourth-order valence-electron chi connectivity index (χ4n) is 4.03. The van der Waals surface area contributed by atoms with E-state index in [4.69, 9.17) is 9.84 Å². The van der Waals surface area contributed by atoms with Crippen LogP contribution in [-0.4, -0.2) is 29.8 Å². The van der Waals surface area contributed by atoms with Gasteiger partial charge in [0, 0.05) is 24.3 Å². The monoisotopic (exact) mass is 481 g/mol. The van der Waals surface area contributed by atoms with Gasteiger partial charge in [0.1, 0.15) is 11.6 Å². The van der Waals surface area contributed by atoms with Crippen LogP contribution in [-0.2, 0) is 14.6 Å². The Labute approximate surface area is 195 Å². The van der Waals surface area contributed by atoms with Gasteiger partial charge in [-0.1, -0.05) is 6.07 Å². The van der Waals surface area contributed by atoms with E-state index in [9.17, 15) is 17.2 Å². The molecule has 1 aliphatic heterocycles. The van der Waals surface area contributed by atoms with Gasteiger partial charge in [0.25, 0.3) is 0 Å². The molecule has 1 unspecified atom stereocenters. The van der Waals surface area contributed by atoms with Gasteiger partial charge in [-0.3, -0.25) is 4.98 Å². The highest BCUT2D eigenvalue weighted by Gasteiger charge is 2.24. The van der Waals surface area contributed by atoms with Gasteiger partial charge < -0.3 is 4.74 Å². The molecule has 3 heterocycles. The lowest BCUT2D eigenvalue weighted by Gasteiger charge is -2.23. The van der Waals surface area contributed by atoms with E-state index in [1.807, 2.05) is 18.2 Å². The summed E-state index contributed by atoms with van der Waals surface area (Å²) in [5.74, 6) is -1.91. The van der Waals surface area contributed by atoms with Crippen LogP contribution in [0.15, 0.2) is 70.6 Å². The molecule has 1 atom stereocenters. The van der Waals surface area contributed by atoms with E-state index >= 15 is 0 Å². The summed E-state index contributed by atoms with van der Waals surface area (Å²) in [5, 5.41) is 5.30. The molecule has 0 spiro atoms. The molecular weight excluding hydrogens is 460 g/mol. The summed E-state index contributed by atoms with van der Waals surface area (Å²) in [7, 11) is -4.16. The Hall–Kier alpha value is -3.43. The van der Waals surface area contributed by atoms with E-state index in [1.54, 1.807) is 29.1 Å². The molecule has 0 N–H and O–H groups in total. The molecule has 0 radical (unpaired) electrons. The van der Waals surface area contributed by atoms with E-state index in [2.05, 4.69) is 4.98 Å². The van der Waals surface area contributed by atoms with Crippen LogP contribution in [0.1, 0.15) is 36.9 Å². The van der Waals surface area contributed by atoms with Crippen LogP contribution in [0.3, 0.4) is 0 Å². The highest BCUT2D eigenvalue weighted by Crippen LogP contribution is 2.32. The molecule has 6 nitrogen and oxygen atoms in total. The fraction of sp³-hybridized carbons (Fsp3) is 0.200. The van der Waals surface area contributed by atoms with E-state index in [1.165, 1.54) is 12.1 Å². The van der Waals surface area contributed by atoms with Crippen molar-refractivity contribution in [3.8, 4) is 0 Å². The summed E-state index contributed by atoms with van der Waals surface area (Å²) in [4.78, 5) is 3.74. The molecule has 9 heteroatoms. The van der Waals surface area contributed by atoms with Crippen molar-refractivity contribution in [1.29, 1.82) is 0 Å². The fourth-order valence-corrected chi connectivity index (χ4v) is 5.36. The lowest BCUT2D eigenvalue weighted by atomic mass is 10.1. The zero-order valence-electron chi connectivity index (χ0n) is 18.1. The van der Waals surface area contributed by atoms with Crippen LogP contribution in [0.5, 0.6) is 0 Å². The number of hydrogen-bond donors (Lipinski definition) is 0. The van der Waals surface area contributed by atoms with E-state index in [-0.39, 0.29) is 11.1 Å². The number of fused-ring (bicyclic) bond motifs is 1. The van der Waals surface area contributed by atoms with Crippen LogP contribution < -0.4 is 0 Å². The summed E-state index contributed by atoms with van der Waals surface area (Å²) in [6, 6.07) is 12.3. The molecule has 0 amide bonds. The van der Waals surface area contributed by atoms with Crippen molar-refractivity contribution in [3.05, 3.63) is 83.8 Å². The van der Waals surface area contributed by atoms with Crippen LogP contribution in [0.2, 0.25) is 0 Å². The van der Waals surface area contributed by atoms with Crippen molar-refractivity contribution >= 4 is 32.9 Å². The van der Waals surface area contributed by atoms with Gasteiger partial charge in [-0.25, -0.2) is 21.9 Å². The Morgan fingerprint density at radius 2 is 1.79 bits per heavy atom. The normalized spacial score (nSPS) is 16.9. The average molecular weight is 482 g/mol. The third kappa shape index (κ3) is 4.36. The minimum Gasteiger partial charge on any atom is -0.356 e. The summed E-state index contributed by atoms with van der Waals surface area (Å²) < 4.78 is 61.4. The Kier molecular flexibility index (Phi) is 5.97. The molecule has 0 bridgehead atoms. The highest BCUT2D eigenvalue weighted by molar-refractivity contribution is 7.91. The summed E-state index contributed by atoms with van der Waals surface area (Å²) in [6.45, 7) is 0.628. The first kappa shape index (κ1) is 22.4. The van der Waals surface area contributed by atoms with Crippen molar-refractivity contribution in [2.45, 2.75) is 35.3 Å². The van der Waals surface area contributed by atoms with Crippen molar-refractivity contribution in [3.63, 3.8) is 0 Å². The number of sulfone groups is 1. The zero-order valence-corrected chi connectivity index (χ0v) is 18.9. The second-order valence-electron chi connectivity index (χ2n) is 8.03. The highest BCUT2D eigenvalue weighted by atomic mass is 32.2. The van der Waals surface area contributed by atoms with Gasteiger partial charge in [0.2, 0.25) is 9.84 Å². The van der Waals surface area contributed by atoms with Gasteiger partial charge in [0.05, 0.1) is 26.7 Å². The minimum atomic E-state index is -4.16. The minimum absolute atomic E-state index is 0.0819. The lowest BCUT2D eigenvalue weighted by molar-refractivity contribution is -0.0367. The van der Waals surface area contributed by atoms with E-state index < -0.39 is 26.4 Å². The van der Waals surface area contributed by atoms with Crippen LogP contribution in [0.25, 0.3) is 23.1 Å². The Balaban J connectivity index is 1.64. The molecule has 1 aliphatic rings. The van der Waals surface area contributed by atoms with Gasteiger partial charge >= 0.3 is 0 Å². The Morgan fingerprint density at radius 1 is 0.971 bits per heavy atom. The second kappa shape index (κ2) is 9.08. The summed E-state index contributed by atoms with van der Waals surface area (Å²) >= 11 is 0. The van der Waals surface area contributed by atoms with Crippen molar-refractivity contribution in [1.82, 2.24) is 14.8 Å². The Bertz CT molecular complexity index is 1460.